The summed E-state index contributed by atoms with van der Waals surface area (Å²) >= 11 is 9.40. The molecule has 0 aliphatic carbocycles. The first-order chi connectivity index (χ1) is 9.11. The van der Waals surface area contributed by atoms with E-state index in [0.29, 0.717) is 10.6 Å². The standard InChI is InChI=1S/C14H18BrClN2O/c1-17-9-13-4-2-3-5-18(13)14(19)10-6-11(15)8-12(16)7-10/h6-8,13,17H,2-5,9H2,1H3. The van der Waals surface area contributed by atoms with Crippen LogP contribution in [0.5, 0.6) is 0 Å². The molecule has 0 aromatic heterocycles. The molecule has 2 rings (SSSR count). The van der Waals surface area contributed by atoms with E-state index < -0.39 is 0 Å². The van der Waals surface area contributed by atoms with Crippen LogP contribution in [0.4, 0.5) is 0 Å². The van der Waals surface area contributed by atoms with E-state index in [0.717, 1.165) is 30.4 Å². The van der Waals surface area contributed by atoms with E-state index in [9.17, 15) is 4.79 Å². The third kappa shape index (κ3) is 3.71. The van der Waals surface area contributed by atoms with E-state index in [4.69, 9.17) is 11.6 Å². The molecule has 1 unspecified atom stereocenters. The molecule has 1 aromatic rings. The molecule has 5 heteroatoms. The number of benzene rings is 1. The van der Waals surface area contributed by atoms with Crippen LogP contribution in [0.25, 0.3) is 0 Å². The smallest absolute Gasteiger partial charge is 0.254 e. The molecule has 1 fully saturated rings. The molecular formula is C14H18BrClN2O. The number of nitrogens with zero attached hydrogens (tertiary/aromatic N) is 1. The number of nitrogens with one attached hydrogen (secondary N) is 1. The summed E-state index contributed by atoms with van der Waals surface area (Å²) in [6.07, 6.45) is 3.33. The highest BCUT2D eigenvalue weighted by atomic mass is 79.9. The van der Waals surface area contributed by atoms with Gasteiger partial charge in [-0.25, -0.2) is 0 Å². The average molecular weight is 346 g/mol. The minimum atomic E-state index is 0.0724. The number of hydrogen-bond donors (Lipinski definition) is 1. The molecule has 1 aliphatic rings. The summed E-state index contributed by atoms with van der Waals surface area (Å²) in [4.78, 5) is 14.6. The Morgan fingerprint density at radius 1 is 1.47 bits per heavy atom. The van der Waals surface area contributed by atoms with Crippen molar-refractivity contribution < 1.29 is 4.79 Å². The van der Waals surface area contributed by atoms with Crippen molar-refractivity contribution in [2.75, 3.05) is 20.1 Å². The van der Waals surface area contributed by atoms with Crippen molar-refractivity contribution >= 4 is 33.4 Å². The first-order valence-corrected chi connectivity index (χ1v) is 7.70. The summed E-state index contributed by atoms with van der Waals surface area (Å²) in [5.74, 6) is 0.0724. The largest absolute Gasteiger partial charge is 0.334 e. The van der Waals surface area contributed by atoms with Crippen molar-refractivity contribution in [2.45, 2.75) is 25.3 Å². The highest BCUT2D eigenvalue weighted by Gasteiger charge is 2.27. The highest BCUT2D eigenvalue weighted by molar-refractivity contribution is 9.10. The van der Waals surface area contributed by atoms with E-state index in [1.54, 1.807) is 12.1 Å². The Morgan fingerprint density at radius 2 is 2.26 bits per heavy atom. The van der Waals surface area contributed by atoms with Gasteiger partial charge in [-0.3, -0.25) is 4.79 Å². The minimum absolute atomic E-state index is 0.0724. The molecule has 1 atom stereocenters. The predicted molar refractivity (Wildman–Crippen MR) is 81.8 cm³/mol. The van der Waals surface area contributed by atoms with Crippen molar-refractivity contribution in [3.05, 3.63) is 33.3 Å². The molecular weight excluding hydrogens is 328 g/mol. The minimum Gasteiger partial charge on any atom is -0.334 e. The van der Waals surface area contributed by atoms with Crippen LogP contribution in [0.15, 0.2) is 22.7 Å². The van der Waals surface area contributed by atoms with Crippen LogP contribution >= 0.6 is 27.5 Å². The summed E-state index contributed by atoms with van der Waals surface area (Å²) in [5.41, 5.74) is 0.655. The predicted octanol–water partition coefficient (Wildman–Crippen LogP) is 3.32. The molecule has 0 saturated carbocycles. The molecule has 0 spiro atoms. The Bertz CT molecular complexity index is 445. The van der Waals surface area contributed by atoms with Crippen LogP contribution in [-0.2, 0) is 0 Å². The topological polar surface area (TPSA) is 32.3 Å². The third-order valence-corrected chi connectivity index (χ3v) is 4.11. The lowest BCUT2D eigenvalue weighted by Crippen LogP contribution is -2.48. The van der Waals surface area contributed by atoms with Crippen LogP contribution in [0.3, 0.4) is 0 Å². The van der Waals surface area contributed by atoms with Gasteiger partial charge in [-0.05, 0) is 44.5 Å². The molecule has 104 valence electrons. The van der Waals surface area contributed by atoms with E-state index in [1.807, 2.05) is 18.0 Å². The molecule has 3 nitrogen and oxygen atoms in total. The summed E-state index contributed by atoms with van der Waals surface area (Å²) < 4.78 is 0.838. The molecule has 1 saturated heterocycles. The van der Waals surface area contributed by atoms with Gasteiger partial charge in [-0.1, -0.05) is 27.5 Å². The van der Waals surface area contributed by atoms with Gasteiger partial charge in [0, 0.05) is 34.2 Å². The first kappa shape index (κ1) is 14.8. The van der Waals surface area contributed by atoms with Gasteiger partial charge >= 0.3 is 0 Å². The molecule has 1 amide bonds. The number of carbonyl (C=O) groups is 1. The Balaban J connectivity index is 2.20. The highest BCUT2D eigenvalue weighted by Crippen LogP contribution is 2.24. The van der Waals surface area contributed by atoms with Crippen molar-refractivity contribution in [1.29, 1.82) is 0 Å². The SMILES string of the molecule is CNCC1CCCCN1C(=O)c1cc(Cl)cc(Br)c1. The number of amides is 1. The van der Waals surface area contributed by atoms with Crippen LogP contribution in [0.2, 0.25) is 5.02 Å². The maximum Gasteiger partial charge on any atom is 0.254 e. The van der Waals surface area contributed by atoms with Gasteiger partial charge < -0.3 is 10.2 Å². The monoisotopic (exact) mass is 344 g/mol. The molecule has 1 aliphatic heterocycles. The third-order valence-electron chi connectivity index (χ3n) is 3.44. The van der Waals surface area contributed by atoms with E-state index in [-0.39, 0.29) is 11.9 Å². The second-order valence-corrected chi connectivity index (χ2v) is 6.22. The number of likely N-dealkylation sites (tertiary alicyclic amines) is 1. The van der Waals surface area contributed by atoms with Gasteiger partial charge in [0.15, 0.2) is 0 Å². The normalized spacial score (nSPS) is 19.5. The zero-order valence-electron chi connectivity index (χ0n) is 11.0. The van der Waals surface area contributed by atoms with Crippen molar-refractivity contribution in [3.63, 3.8) is 0 Å². The fourth-order valence-electron chi connectivity index (χ4n) is 2.56. The van der Waals surface area contributed by atoms with Crippen LogP contribution in [0.1, 0.15) is 29.6 Å². The van der Waals surface area contributed by atoms with Gasteiger partial charge in [0.1, 0.15) is 0 Å². The quantitative estimate of drug-likeness (QED) is 0.911. The number of likely N-dealkylation sites (N-methyl/N-ethyl adjacent to an activating group) is 1. The van der Waals surface area contributed by atoms with Crippen molar-refractivity contribution in [3.8, 4) is 0 Å². The Labute approximate surface area is 127 Å². The summed E-state index contributed by atoms with van der Waals surface area (Å²) in [6, 6.07) is 5.64. The lowest BCUT2D eigenvalue weighted by Gasteiger charge is -2.35. The maximum absolute atomic E-state index is 12.6. The van der Waals surface area contributed by atoms with Gasteiger partial charge in [0.25, 0.3) is 5.91 Å². The van der Waals surface area contributed by atoms with E-state index >= 15 is 0 Å². The number of rotatable bonds is 3. The zero-order chi connectivity index (χ0) is 13.8. The number of piperidine rings is 1. The second-order valence-electron chi connectivity index (χ2n) is 4.86. The fourth-order valence-corrected chi connectivity index (χ4v) is 3.42. The second kappa shape index (κ2) is 6.73. The van der Waals surface area contributed by atoms with Crippen molar-refractivity contribution in [1.82, 2.24) is 10.2 Å². The molecule has 1 heterocycles. The van der Waals surface area contributed by atoms with Crippen LogP contribution in [0, 0.1) is 0 Å². The van der Waals surface area contributed by atoms with Gasteiger partial charge in [0.2, 0.25) is 0 Å². The number of hydrogen-bond acceptors (Lipinski definition) is 2. The Hall–Kier alpha value is -0.580. The maximum atomic E-state index is 12.6. The lowest BCUT2D eigenvalue weighted by atomic mass is 10.0. The number of carbonyl (C=O) groups excluding carboxylic acids is 1. The van der Waals surface area contributed by atoms with Gasteiger partial charge in [0.05, 0.1) is 0 Å². The summed E-state index contributed by atoms with van der Waals surface area (Å²) in [5, 5.41) is 3.75. The number of halogens is 2. The van der Waals surface area contributed by atoms with Crippen LogP contribution in [-0.4, -0.2) is 37.0 Å². The van der Waals surface area contributed by atoms with Crippen LogP contribution < -0.4 is 5.32 Å². The molecule has 0 radical (unpaired) electrons. The Morgan fingerprint density at radius 3 is 2.95 bits per heavy atom. The van der Waals surface area contributed by atoms with E-state index in [1.165, 1.54) is 6.42 Å². The molecule has 1 N–H and O–H groups in total. The molecule has 0 bridgehead atoms. The van der Waals surface area contributed by atoms with Gasteiger partial charge in [-0.15, -0.1) is 0 Å². The van der Waals surface area contributed by atoms with Gasteiger partial charge in [-0.2, -0.15) is 0 Å². The molecule has 19 heavy (non-hydrogen) atoms. The molecule has 1 aromatic carbocycles. The van der Waals surface area contributed by atoms with Crippen molar-refractivity contribution in [2.24, 2.45) is 0 Å². The lowest BCUT2D eigenvalue weighted by molar-refractivity contribution is 0.0615. The summed E-state index contributed by atoms with van der Waals surface area (Å²) in [6.45, 7) is 1.67. The first-order valence-electron chi connectivity index (χ1n) is 6.53. The Kier molecular flexibility index (Phi) is 5.25. The van der Waals surface area contributed by atoms with E-state index in [2.05, 4.69) is 21.2 Å². The average Bonchev–Trinajstić information content (AvgIpc) is 2.38. The summed E-state index contributed by atoms with van der Waals surface area (Å²) in [7, 11) is 1.92. The zero-order valence-corrected chi connectivity index (χ0v) is 13.3. The fraction of sp³-hybridized carbons (Fsp3) is 0.500.